The quantitative estimate of drug-likeness (QED) is 0.802. The highest BCUT2D eigenvalue weighted by Gasteiger charge is 2.18. The Labute approximate surface area is 139 Å². The number of aromatic hydroxyl groups is 1. The van der Waals surface area contributed by atoms with E-state index in [0.717, 1.165) is 43.9 Å². The van der Waals surface area contributed by atoms with Gasteiger partial charge in [-0.25, -0.2) is 4.98 Å². The van der Waals surface area contributed by atoms with Gasteiger partial charge in [0.05, 0.1) is 15.7 Å². The third kappa shape index (κ3) is 3.02. The molecule has 0 aliphatic carbocycles. The second kappa shape index (κ2) is 6.18. The van der Waals surface area contributed by atoms with Crippen molar-refractivity contribution in [3.63, 3.8) is 0 Å². The lowest BCUT2D eigenvalue weighted by Gasteiger charge is -2.36. The molecular weight excluding hydrogens is 306 g/mol. The molecule has 1 fully saturated rings. The molecule has 0 spiro atoms. The van der Waals surface area contributed by atoms with Crippen molar-refractivity contribution < 1.29 is 5.11 Å². The third-order valence-corrected chi connectivity index (χ3v) is 5.32. The molecule has 2 heterocycles. The van der Waals surface area contributed by atoms with Crippen molar-refractivity contribution in [1.82, 2.24) is 9.88 Å². The molecule has 5 heteroatoms. The maximum atomic E-state index is 9.63. The van der Waals surface area contributed by atoms with Gasteiger partial charge in [0, 0.05) is 44.5 Å². The molecule has 0 saturated carbocycles. The molecule has 0 bridgehead atoms. The summed E-state index contributed by atoms with van der Waals surface area (Å²) in [4.78, 5) is 9.23. The normalized spacial score (nSPS) is 16.1. The van der Waals surface area contributed by atoms with Gasteiger partial charge in [0.2, 0.25) is 0 Å². The van der Waals surface area contributed by atoms with Gasteiger partial charge in [-0.15, -0.1) is 11.3 Å². The lowest BCUT2D eigenvalue weighted by Crippen LogP contribution is -2.45. The van der Waals surface area contributed by atoms with Crippen molar-refractivity contribution in [2.24, 2.45) is 0 Å². The molecule has 1 aliphatic rings. The second-order valence-corrected chi connectivity index (χ2v) is 6.76. The Bertz CT molecular complexity index is 809. The van der Waals surface area contributed by atoms with E-state index in [1.807, 2.05) is 17.6 Å². The van der Waals surface area contributed by atoms with E-state index in [1.54, 1.807) is 17.4 Å². The van der Waals surface area contributed by atoms with Crippen LogP contribution in [-0.2, 0) is 6.54 Å². The number of anilines is 1. The number of nitrogens with zero attached hydrogens (tertiary/aromatic N) is 3. The zero-order chi connectivity index (χ0) is 15.6. The molecule has 4 nitrogen and oxygen atoms in total. The average Bonchev–Trinajstić information content (AvgIpc) is 3.05. The highest BCUT2D eigenvalue weighted by Crippen LogP contribution is 2.25. The zero-order valence-electron chi connectivity index (χ0n) is 12.9. The van der Waals surface area contributed by atoms with E-state index in [4.69, 9.17) is 0 Å². The van der Waals surface area contributed by atoms with Crippen molar-refractivity contribution in [2.75, 3.05) is 31.1 Å². The smallest absolute Gasteiger partial charge is 0.117 e. The van der Waals surface area contributed by atoms with Crippen molar-refractivity contribution in [3.05, 3.63) is 53.5 Å². The molecule has 3 aromatic rings. The Balaban J connectivity index is 1.43. The maximum Gasteiger partial charge on any atom is 0.117 e. The number of phenolic OH excluding ortho intramolecular Hbond substituents is 1. The highest BCUT2D eigenvalue weighted by atomic mass is 32.1. The van der Waals surface area contributed by atoms with Crippen LogP contribution in [0.15, 0.2) is 48.0 Å². The van der Waals surface area contributed by atoms with Gasteiger partial charge in [0.15, 0.2) is 0 Å². The van der Waals surface area contributed by atoms with Gasteiger partial charge in [0.25, 0.3) is 0 Å². The summed E-state index contributed by atoms with van der Waals surface area (Å²) in [5.74, 6) is 0.335. The van der Waals surface area contributed by atoms with Gasteiger partial charge in [0.1, 0.15) is 5.75 Å². The van der Waals surface area contributed by atoms with Crippen molar-refractivity contribution in [1.29, 1.82) is 0 Å². The molecule has 2 aromatic carbocycles. The van der Waals surface area contributed by atoms with Gasteiger partial charge in [-0.3, -0.25) is 4.90 Å². The van der Waals surface area contributed by atoms with Crippen LogP contribution in [0.25, 0.3) is 10.2 Å². The Hall–Kier alpha value is -2.11. The van der Waals surface area contributed by atoms with E-state index < -0.39 is 0 Å². The molecule has 0 unspecified atom stereocenters. The fourth-order valence-corrected chi connectivity index (χ4v) is 3.96. The first kappa shape index (κ1) is 14.5. The minimum absolute atomic E-state index is 0.335. The van der Waals surface area contributed by atoms with Crippen LogP contribution in [0, 0.1) is 0 Å². The summed E-state index contributed by atoms with van der Waals surface area (Å²) in [6.45, 7) is 5.02. The van der Waals surface area contributed by atoms with Crippen LogP contribution in [-0.4, -0.2) is 41.2 Å². The van der Waals surface area contributed by atoms with Crippen LogP contribution in [0.5, 0.6) is 5.75 Å². The van der Waals surface area contributed by atoms with Crippen molar-refractivity contribution in [3.8, 4) is 5.75 Å². The molecule has 0 atom stereocenters. The highest BCUT2D eigenvalue weighted by molar-refractivity contribution is 7.16. The number of aromatic nitrogens is 1. The molecule has 1 N–H and O–H groups in total. The summed E-state index contributed by atoms with van der Waals surface area (Å²) in [6, 6.07) is 13.9. The van der Waals surface area contributed by atoms with Crippen LogP contribution < -0.4 is 4.90 Å². The largest absolute Gasteiger partial charge is 0.508 e. The third-order valence-electron chi connectivity index (χ3n) is 4.40. The van der Waals surface area contributed by atoms with Crippen LogP contribution in [0.3, 0.4) is 0 Å². The SMILES string of the molecule is Oc1cccc(N2CCN(Cc3cccc4ncsc34)CC2)c1. The first-order valence-corrected chi connectivity index (χ1v) is 8.75. The summed E-state index contributed by atoms with van der Waals surface area (Å²) in [7, 11) is 0. The molecule has 1 aromatic heterocycles. The minimum atomic E-state index is 0.335. The number of thiazole rings is 1. The lowest BCUT2D eigenvalue weighted by atomic mass is 10.1. The summed E-state index contributed by atoms with van der Waals surface area (Å²) in [5.41, 5.74) is 5.50. The number of phenols is 1. The topological polar surface area (TPSA) is 39.6 Å². The Morgan fingerprint density at radius 1 is 1.04 bits per heavy atom. The summed E-state index contributed by atoms with van der Waals surface area (Å²) >= 11 is 1.73. The van der Waals surface area contributed by atoms with Gasteiger partial charge in [-0.05, 0) is 23.8 Å². The van der Waals surface area contributed by atoms with E-state index in [0.29, 0.717) is 5.75 Å². The van der Waals surface area contributed by atoms with Gasteiger partial charge in [-0.1, -0.05) is 18.2 Å². The van der Waals surface area contributed by atoms with Crippen LogP contribution in [0.4, 0.5) is 5.69 Å². The Kier molecular flexibility index (Phi) is 3.89. The summed E-state index contributed by atoms with van der Waals surface area (Å²) < 4.78 is 1.31. The number of benzene rings is 2. The fraction of sp³-hybridized carbons (Fsp3) is 0.278. The predicted octanol–water partition coefficient (Wildman–Crippen LogP) is 3.32. The van der Waals surface area contributed by atoms with Crippen LogP contribution in [0.2, 0.25) is 0 Å². The van der Waals surface area contributed by atoms with E-state index in [1.165, 1.54) is 10.3 Å². The molecule has 1 aliphatic heterocycles. The first-order valence-electron chi connectivity index (χ1n) is 7.87. The molecule has 23 heavy (non-hydrogen) atoms. The molecule has 0 amide bonds. The predicted molar refractivity (Wildman–Crippen MR) is 95.2 cm³/mol. The fourth-order valence-electron chi connectivity index (χ4n) is 3.16. The van der Waals surface area contributed by atoms with Gasteiger partial charge in [-0.2, -0.15) is 0 Å². The molecule has 4 rings (SSSR count). The van der Waals surface area contributed by atoms with Crippen molar-refractivity contribution in [2.45, 2.75) is 6.54 Å². The van der Waals surface area contributed by atoms with Crippen LogP contribution >= 0.6 is 11.3 Å². The number of piperazine rings is 1. The van der Waals surface area contributed by atoms with Crippen molar-refractivity contribution >= 4 is 27.2 Å². The Morgan fingerprint density at radius 3 is 2.70 bits per heavy atom. The maximum absolute atomic E-state index is 9.63. The van der Waals surface area contributed by atoms with Crippen LogP contribution in [0.1, 0.15) is 5.56 Å². The second-order valence-electron chi connectivity index (χ2n) is 5.90. The van der Waals surface area contributed by atoms with E-state index in [2.05, 4.69) is 39.0 Å². The number of hydrogen-bond donors (Lipinski definition) is 1. The van der Waals surface area contributed by atoms with Gasteiger partial charge < -0.3 is 10.0 Å². The standard InChI is InChI=1S/C18H19N3OS/c22-16-5-2-4-15(11-16)21-9-7-20(8-10-21)12-14-3-1-6-17-18(14)23-13-19-17/h1-6,11,13,22H,7-10,12H2. The first-order chi connectivity index (χ1) is 11.3. The lowest BCUT2D eigenvalue weighted by molar-refractivity contribution is 0.251. The summed E-state index contributed by atoms with van der Waals surface area (Å²) in [6.07, 6.45) is 0. The monoisotopic (exact) mass is 325 g/mol. The summed E-state index contributed by atoms with van der Waals surface area (Å²) in [5, 5.41) is 9.63. The molecular formula is C18H19N3OS. The molecule has 1 saturated heterocycles. The number of hydrogen-bond acceptors (Lipinski definition) is 5. The Morgan fingerprint density at radius 2 is 1.87 bits per heavy atom. The number of rotatable bonds is 3. The average molecular weight is 325 g/mol. The zero-order valence-corrected chi connectivity index (χ0v) is 13.7. The van der Waals surface area contributed by atoms with Gasteiger partial charge >= 0.3 is 0 Å². The van der Waals surface area contributed by atoms with E-state index in [9.17, 15) is 5.11 Å². The van der Waals surface area contributed by atoms with E-state index in [-0.39, 0.29) is 0 Å². The molecule has 0 radical (unpaired) electrons. The van der Waals surface area contributed by atoms with E-state index >= 15 is 0 Å². The number of fused-ring (bicyclic) bond motifs is 1. The minimum Gasteiger partial charge on any atom is -0.508 e. The molecule has 118 valence electrons.